The SMILES string of the molecule is CCCc1c(NCC)ncnc1OCCN(C)C. The zero-order valence-electron chi connectivity index (χ0n) is 11.9. The molecule has 1 N–H and O–H groups in total. The number of hydrogen-bond donors (Lipinski definition) is 1. The zero-order chi connectivity index (χ0) is 13.4. The third-order valence-electron chi connectivity index (χ3n) is 2.53. The van der Waals surface area contributed by atoms with Gasteiger partial charge >= 0.3 is 0 Å². The summed E-state index contributed by atoms with van der Waals surface area (Å²) in [5.41, 5.74) is 1.08. The molecule has 1 aromatic heterocycles. The minimum Gasteiger partial charge on any atom is -0.476 e. The lowest BCUT2D eigenvalue weighted by molar-refractivity contribution is 0.251. The molecular formula is C13H24N4O. The van der Waals surface area contributed by atoms with E-state index in [9.17, 15) is 0 Å². The molecule has 0 aromatic carbocycles. The first-order valence-corrected chi connectivity index (χ1v) is 6.54. The zero-order valence-corrected chi connectivity index (χ0v) is 11.9. The molecule has 5 nitrogen and oxygen atoms in total. The van der Waals surface area contributed by atoms with Crippen LogP contribution in [0.4, 0.5) is 5.82 Å². The molecule has 0 aliphatic carbocycles. The van der Waals surface area contributed by atoms with Gasteiger partial charge < -0.3 is 15.0 Å². The predicted molar refractivity (Wildman–Crippen MR) is 74.2 cm³/mol. The Kier molecular flexibility index (Phi) is 6.43. The van der Waals surface area contributed by atoms with Crippen molar-refractivity contribution in [3.63, 3.8) is 0 Å². The number of anilines is 1. The Labute approximate surface area is 110 Å². The van der Waals surface area contributed by atoms with E-state index in [0.29, 0.717) is 12.5 Å². The highest BCUT2D eigenvalue weighted by atomic mass is 16.5. The lowest BCUT2D eigenvalue weighted by Gasteiger charge is -2.15. The van der Waals surface area contributed by atoms with Crippen molar-refractivity contribution in [1.82, 2.24) is 14.9 Å². The standard InChI is InChI=1S/C13H24N4O/c1-5-7-11-12(14-6-2)15-10-16-13(11)18-9-8-17(3)4/h10H,5-9H2,1-4H3,(H,14,15,16). The molecule has 0 spiro atoms. The van der Waals surface area contributed by atoms with Gasteiger partial charge in [0.2, 0.25) is 5.88 Å². The van der Waals surface area contributed by atoms with Crippen molar-refractivity contribution in [2.24, 2.45) is 0 Å². The number of nitrogens with zero attached hydrogens (tertiary/aromatic N) is 3. The number of likely N-dealkylation sites (N-methyl/N-ethyl adjacent to an activating group) is 1. The molecule has 0 aliphatic heterocycles. The molecule has 0 amide bonds. The summed E-state index contributed by atoms with van der Waals surface area (Å²) in [5, 5.41) is 3.26. The summed E-state index contributed by atoms with van der Waals surface area (Å²) in [6.07, 6.45) is 3.54. The van der Waals surface area contributed by atoms with Crippen molar-refractivity contribution >= 4 is 5.82 Å². The highest BCUT2D eigenvalue weighted by molar-refractivity contribution is 5.48. The molecule has 18 heavy (non-hydrogen) atoms. The van der Waals surface area contributed by atoms with Crippen LogP contribution in [0.15, 0.2) is 6.33 Å². The van der Waals surface area contributed by atoms with E-state index in [1.807, 2.05) is 14.1 Å². The minimum atomic E-state index is 0.645. The third kappa shape index (κ3) is 4.49. The molecule has 0 saturated carbocycles. The number of ether oxygens (including phenoxy) is 1. The van der Waals surface area contributed by atoms with Crippen LogP contribution in [0.5, 0.6) is 5.88 Å². The van der Waals surface area contributed by atoms with Crippen molar-refractivity contribution in [2.75, 3.05) is 39.1 Å². The number of nitrogens with one attached hydrogen (secondary N) is 1. The molecule has 102 valence electrons. The summed E-state index contributed by atoms with van der Waals surface area (Å²) < 4.78 is 5.75. The first kappa shape index (κ1) is 14.7. The van der Waals surface area contributed by atoms with Gasteiger partial charge in [-0.05, 0) is 27.4 Å². The molecule has 0 saturated heterocycles. The van der Waals surface area contributed by atoms with E-state index in [2.05, 4.69) is 34.0 Å². The minimum absolute atomic E-state index is 0.645. The average Bonchev–Trinajstić information content (AvgIpc) is 2.33. The normalized spacial score (nSPS) is 10.7. The highest BCUT2D eigenvalue weighted by Crippen LogP contribution is 2.23. The Morgan fingerprint density at radius 3 is 2.67 bits per heavy atom. The van der Waals surface area contributed by atoms with Crippen LogP contribution < -0.4 is 10.1 Å². The van der Waals surface area contributed by atoms with Gasteiger partial charge in [-0.3, -0.25) is 0 Å². The van der Waals surface area contributed by atoms with E-state index in [1.165, 1.54) is 0 Å². The van der Waals surface area contributed by atoms with Gasteiger partial charge in [-0.1, -0.05) is 13.3 Å². The first-order valence-electron chi connectivity index (χ1n) is 6.54. The van der Waals surface area contributed by atoms with Crippen LogP contribution >= 0.6 is 0 Å². The van der Waals surface area contributed by atoms with Crippen molar-refractivity contribution in [3.8, 4) is 5.88 Å². The largest absolute Gasteiger partial charge is 0.476 e. The lowest BCUT2D eigenvalue weighted by Crippen LogP contribution is -2.20. The summed E-state index contributed by atoms with van der Waals surface area (Å²) in [7, 11) is 4.06. The smallest absolute Gasteiger partial charge is 0.221 e. The van der Waals surface area contributed by atoms with Crippen LogP contribution in [0, 0.1) is 0 Å². The van der Waals surface area contributed by atoms with Gasteiger partial charge in [-0.15, -0.1) is 0 Å². The van der Waals surface area contributed by atoms with Gasteiger partial charge in [0.05, 0.1) is 5.56 Å². The van der Waals surface area contributed by atoms with Crippen LogP contribution in [0.2, 0.25) is 0 Å². The van der Waals surface area contributed by atoms with Gasteiger partial charge in [-0.25, -0.2) is 9.97 Å². The average molecular weight is 252 g/mol. The summed E-state index contributed by atoms with van der Waals surface area (Å²) >= 11 is 0. The van der Waals surface area contributed by atoms with Crippen molar-refractivity contribution < 1.29 is 4.74 Å². The molecule has 5 heteroatoms. The van der Waals surface area contributed by atoms with Crippen molar-refractivity contribution in [3.05, 3.63) is 11.9 Å². The van der Waals surface area contributed by atoms with E-state index >= 15 is 0 Å². The molecule has 0 unspecified atom stereocenters. The summed E-state index contributed by atoms with van der Waals surface area (Å²) in [6.45, 7) is 6.58. The topological polar surface area (TPSA) is 50.3 Å². The Bertz CT molecular complexity index is 355. The molecule has 0 atom stereocenters. The van der Waals surface area contributed by atoms with Gasteiger partial charge in [0.15, 0.2) is 0 Å². The second-order valence-corrected chi connectivity index (χ2v) is 4.44. The number of hydrogen-bond acceptors (Lipinski definition) is 5. The van der Waals surface area contributed by atoms with Crippen LogP contribution in [0.25, 0.3) is 0 Å². The van der Waals surface area contributed by atoms with Gasteiger partial charge in [0, 0.05) is 13.1 Å². The maximum Gasteiger partial charge on any atom is 0.221 e. The fourth-order valence-corrected chi connectivity index (χ4v) is 1.64. The maximum absolute atomic E-state index is 5.75. The predicted octanol–water partition coefficient (Wildman–Crippen LogP) is 1.80. The van der Waals surface area contributed by atoms with Crippen molar-refractivity contribution in [2.45, 2.75) is 26.7 Å². The van der Waals surface area contributed by atoms with E-state index in [4.69, 9.17) is 4.74 Å². The Morgan fingerprint density at radius 1 is 1.28 bits per heavy atom. The Hall–Kier alpha value is -1.36. The summed E-state index contributed by atoms with van der Waals surface area (Å²) in [4.78, 5) is 10.6. The molecule has 0 bridgehead atoms. The summed E-state index contributed by atoms with van der Waals surface area (Å²) in [5.74, 6) is 1.61. The summed E-state index contributed by atoms with van der Waals surface area (Å²) in [6, 6.07) is 0. The monoisotopic (exact) mass is 252 g/mol. The highest BCUT2D eigenvalue weighted by Gasteiger charge is 2.11. The lowest BCUT2D eigenvalue weighted by atomic mass is 10.1. The quantitative estimate of drug-likeness (QED) is 0.764. The number of rotatable bonds is 8. The number of aromatic nitrogens is 2. The van der Waals surface area contributed by atoms with Crippen LogP contribution in [0.3, 0.4) is 0 Å². The van der Waals surface area contributed by atoms with Crippen LogP contribution in [-0.2, 0) is 6.42 Å². The Morgan fingerprint density at radius 2 is 2.06 bits per heavy atom. The molecule has 1 aromatic rings. The first-order chi connectivity index (χ1) is 8.69. The molecule has 0 aliphatic rings. The second kappa shape index (κ2) is 7.87. The van der Waals surface area contributed by atoms with E-state index in [0.717, 1.165) is 37.3 Å². The molecule has 1 heterocycles. The van der Waals surface area contributed by atoms with E-state index in [1.54, 1.807) is 6.33 Å². The van der Waals surface area contributed by atoms with Crippen LogP contribution in [0.1, 0.15) is 25.8 Å². The third-order valence-corrected chi connectivity index (χ3v) is 2.53. The molecular weight excluding hydrogens is 228 g/mol. The molecule has 1 rings (SSSR count). The molecule has 0 radical (unpaired) electrons. The van der Waals surface area contributed by atoms with Gasteiger partial charge in [-0.2, -0.15) is 0 Å². The van der Waals surface area contributed by atoms with Crippen LogP contribution in [-0.4, -0.2) is 48.7 Å². The van der Waals surface area contributed by atoms with Gasteiger partial charge in [0.1, 0.15) is 18.8 Å². The molecule has 0 fully saturated rings. The van der Waals surface area contributed by atoms with Gasteiger partial charge in [0.25, 0.3) is 0 Å². The fraction of sp³-hybridized carbons (Fsp3) is 0.692. The second-order valence-electron chi connectivity index (χ2n) is 4.44. The van der Waals surface area contributed by atoms with E-state index in [-0.39, 0.29) is 0 Å². The van der Waals surface area contributed by atoms with E-state index < -0.39 is 0 Å². The maximum atomic E-state index is 5.75. The fourth-order valence-electron chi connectivity index (χ4n) is 1.64. The van der Waals surface area contributed by atoms with Crippen molar-refractivity contribution in [1.29, 1.82) is 0 Å². The Balaban J connectivity index is 2.77.